The van der Waals surface area contributed by atoms with Crippen LogP contribution in [0.2, 0.25) is 0 Å². The molecule has 3 heterocycles. The zero-order valence-electron chi connectivity index (χ0n) is 15.1. The van der Waals surface area contributed by atoms with Gasteiger partial charge in [-0.05, 0) is 61.6 Å². The molecule has 1 aromatic carbocycles. The van der Waals surface area contributed by atoms with Crippen molar-refractivity contribution in [1.29, 1.82) is 0 Å². The van der Waals surface area contributed by atoms with Gasteiger partial charge in [0, 0.05) is 37.7 Å². The normalized spacial score (nSPS) is 17.3. The highest BCUT2D eigenvalue weighted by molar-refractivity contribution is 5.62. The molecular formula is C21H24N2O3. The number of imidazole rings is 1. The molecule has 5 heteroatoms. The number of benzene rings is 1. The first-order valence-corrected chi connectivity index (χ1v) is 9.17. The van der Waals surface area contributed by atoms with Crippen LogP contribution >= 0.6 is 0 Å². The second kappa shape index (κ2) is 7.79. The summed E-state index contributed by atoms with van der Waals surface area (Å²) in [6, 6.07) is 11.8. The van der Waals surface area contributed by atoms with E-state index in [9.17, 15) is 0 Å². The highest BCUT2D eigenvalue weighted by atomic mass is 16.5. The molecule has 1 aliphatic heterocycles. The van der Waals surface area contributed by atoms with E-state index in [1.807, 2.05) is 48.8 Å². The van der Waals surface area contributed by atoms with E-state index in [0.29, 0.717) is 5.92 Å². The summed E-state index contributed by atoms with van der Waals surface area (Å²) in [4.78, 5) is 4.50. The molecule has 26 heavy (non-hydrogen) atoms. The van der Waals surface area contributed by atoms with Crippen molar-refractivity contribution in [1.82, 2.24) is 9.55 Å². The summed E-state index contributed by atoms with van der Waals surface area (Å²) in [5.74, 6) is 3.98. The molecule has 0 aliphatic carbocycles. The SMILES string of the molecule is COc1ccc(-c2ccc(-c3nccn3CCC3CCCOC3)o2)cc1. The number of furan rings is 1. The lowest BCUT2D eigenvalue weighted by Crippen LogP contribution is -2.18. The average molecular weight is 352 g/mol. The van der Waals surface area contributed by atoms with E-state index in [4.69, 9.17) is 13.9 Å². The van der Waals surface area contributed by atoms with Crippen molar-refractivity contribution in [2.75, 3.05) is 20.3 Å². The van der Waals surface area contributed by atoms with E-state index >= 15 is 0 Å². The van der Waals surface area contributed by atoms with Gasteiger partial charge in [-0.1, -0.05) is 0 Å². The highest BCUT2D eigenvalue weighted by Gasteiger charge is 2.16. The number of hydrogen-bond donors (Lipinski definition) is 0. The lowest BCUT2D eigenvalue weighted by molar-refractivity contribution is 0.0501. The fourth-order valence-electron chi connectivity index (χ4n) is 3.44. The predicted molar refractivity (Wildman–Crippen MR) is 100 cm³/mol. The number of nitrogens with zero attached hydrogens (tertiary/aromatic N) is 2. The number of rotatable bonds is 6. The fourth-order valence-corrected chi connectivity index (χ4v) is 3.44. The Morgan fingerprint density at radius 2 is 2.00 bits per heavy atom. The lowest BCUT2D eigenvalue weighted by atomic mass is 9.99. The summed E-state index contributed by atoms with van der Waals surface area (Å²) in [6.45, 7) is 2.72. The molecule has 0 saturated carbocycles. The Kier molecular flexibility index (Phi) is 5.07. The molecule has 1 fully saturated rings. The zero-order valence-corrected chi connectivity index (χ0v) is 15.1. The van der Waals surface area contributed by atoms with Crippen molar-refractivity contribution < 1.29 is 13.9 Å². The van der Waals surface area contributed by atoms with Crippen molar-refractivity contribution in [3.63, 3.8) is 0 Å². The van der Waals surface area contributed by atoms with Crippen molar-refractivity contribution in [2.24, 2.45) is 5.92 Å². The van der Waals surface area contributed by atoms with Crippen LogP contribution in [0.4, 0.5) is 0 Å². The van der Waals surface area contributed by atoms with Gasteiger partial charge in [0.15, 0.2) is 11.6 Å². The summed E-state index contributed by atoms with van der Waals surface area (Å²) < 4.78 is 19.0. The minimum Gasteiger partial charge on any atom is -0.497 e. The fraction of sp³-hybridized carbons (Fsp3) is 0.381. The number of aromatic nitrogens is 2. The summed E-state index contributed by atoms with van der Waals surface area (Å²) in [5, 5.41) is 0. The minimum absolute atomic E-state index is 0.644. The van der Waals surface area contributed by atoms with Crippen LogP contribution in [0.1, 0.15) is 19.3 Å². The molecular weight excluding hydrogens is 328 g/mol. The first kappa shape index (κ1) is 16.9. The standard InChI is InChI=1S/C21H24N2O3/c1-24-18-6-4-17(5-7-18)19-8-9-20(26-19)21-22-11-13-23(21)12-10-16-3-2-14-25-15-16/h4-9,11,13,16H,2-3,10,12,14-15H2,1H3. The first-order chi connectivity index (χ1) is 12.8. The molecule has 0 bridgehead atoms. The molecule has 2 aromatic heterocycles. The molecule has 1 atom stereocenters. The second-order valence-corrected chi connectivity index (χ2v) is 6.71. The van der Waals surface area contributed by atoms with Crippen LogP contribution in [-0.2, 0) is 11.3 Å². The summed E-state index contributed by atoms with van der Waals surface area (Å²) in [5.41, 5.74) is 1.02. The quantitative estimate of drug-likeness (QED) is 0.649. The van der Waals surface area contributed by atoms with Crippen LogP contribution in [0.3, 0.4) is 0 Å². The van der Waals surface area contributed by atoms with Gasteiger partial charge in [-0.25, -0.2) is 4.98 Å². The monoisotopic (exact) mass is 352 g/mol. The van der Waals surface area contributed by atoms with Gasteiger partial charge in [0.1, 0.15) is 11.5 Å². The van der Waals surface area contributed by atoms with Crippen LogP contribution in [0, 0.1) is 5.92 Å². The first-order valence-electron chi connectivity index (χ1n) is 9.17. The molecule has 136 valence electrons. The summed E-state index contributed by atoms with van der Waals surface area (Å²) in [7, 11) is 1.67. The Balaban J connectivity index is 1.48. The van der Waals surface area contributed by atoms with Gasteiger partial charge in [-0.2, -0.15) is 0 Å². The Labute approximate surface area is 153 Å². The second-order valence-electron chi connectivity index (χ2n) is 6.71. The van der Waals surface area contributed by atoms with Crippen molar-refractivity contribution in [3.8, 4) is 28.7 Å². The molecule has 0 spiro atoms. The number of aryl methyl sites for hydroxylation is 1. The topological polar surface area (TPSA) is 49.4 Å². The molecule has 1 unspecified atom stereocenters. The largest absolute Gasteiger partial charge is 0.497 e. The van der Waals surface area contributed by atoms with Crippen LogP contribution in [0.5, 0.6) is 5.75 Å². The van der Waals surface area contributed by atoms with Crippen LogP contribution in [0.15, 0.2) is 53.2 Å². The van der Waals surface area contributed by atoms with Gasteiger partial charge in [-0.15, -0.1) is 0 Å². The molecule has 1 aliphatic rings. The minimum atomic E-state index is 0.644. The molecule has 0 N–H and O–H groups in total. The maximum Gasteiger partial charge on any atom is 0.176 e. The molecule has 1 saturated heterocycles. The van der Waals surface area contributed by atoms with Crippen molar-refractivity contribution in [3.05, 3.63) is 48.8 Å². The molecule has 5 nitrogen and oxygen atoms in total. The summed E-state index contributed by atoms with van der Waals surface area (Å²) >= 11 is 0. The summed E-state index contributed by atoms with van der Waals surface area (Å²) in [6.07, 6.45) is 7.39. The smallest absolute Gasteiger partial charge is 0.176 e. The Hall–Kier alpha value is -2.53. The van der Waals surface area contributed by atoms with Crippen LogP contribution in [0.25, 0.3) is 22.9 Å². The Bertz CT molecular complexity index is 829. The Morgan fingerprint density at radius 3 is 2.77 bits per heavy atom. The lowest BCUT2D eigenvalue weighted by Gasteiger charge is -2.22. The van der Waals surface area contributed by atoms with E-state index in [1.165, 1.54) is 12.8 Å². The van der Waals surface area contributed by atoms with Crippen molar-refractivity contribution in [2.45, 2.75) is 25.8 Å². The van der Waals surface area contributed by atoms with Gasteiger partial charge in [0.25, 0.3) is 0 Å². The molecule has 0 radical (unpaired) electrons. The third-order valence-electron chi connectivity index (χ3n) is 4.95. The van der Waals surface area contributed by atoms with E-state index in [2.05, 4.69) is 9.55 Å². The maximum atomic E-state index is 6.07. The maximum absolute atomic E-state index is 6.07. The van der Waals surface area contributed by atoms with Crippen LogP contribution < -0.4 is 4.74 Å². The van der Waals surface area contributed by atoms with E-state index in [-0.39, 0.29) is 0 Å². The van der Waals surface area contributed by atoms with Crippen LogP contribution in [-0.4, -0.2) is 29.9 Å². The Morgan fingerprint density at radius 1 is 1.15 bits per heavy atom. The highest BCUT2D eigenvalue weighted by Crippen LogP contribution is 2.29. The number of ether oxygens (including phenoxy) is 2. The van der Waals surface area contributed by atoms with Gasteiger partial charge >= 0.3 is 0 Å². The molecule has 0 amide bonds. The third-order valence-corrected chi connectivity index (χ3v) is 4.95. The van der Waals surface area contributed by atoms with Gasteiger partial charge in [0.2, 0.25) is 0 Å². The third kappa shape index (κ3) is 3.68. The number of hydrogen-bond acceptors (Lipinski definition) is 4. The van der Waals surface area contributed by atoms with E-state index < -0.39 is 0 Å². The van der Waals surface area contributed by atoms with Crippen molar-refractivity contribution >= 4 is 0 Å². The van der Waals surface area contributed by atoms with Gasteiger partial charge < -0.3 is 18.5 Å². The van der Waals surface area contributed by atoms with Gasteiger partial charge in [0.05, 0.1) is 7.11 Å². The average Bonchev–Trinajstić information content (AvgIpc) is 3.36. The van der Waals surface area contributed by atoms with E-state index in [1.54, 1.807) is 7.11 Å². The predicted octanol–water partition coefficient (Wildman–Crippen LogP) is 4.64. The van der Waals surface area contributed by atoms with E-state index in [0.717, 1.165) is 54.8 Å². The van der Waals surface area contributed by atoms with Gasteiger partial charge in [-0.3, -0.25) is 0 Å². The zero-order chi connectivity index (χ0) is 17.8. The molecule has 4 rings (SSSR count). The number of methoxy groups -OCH3 is 1. The molecule has 3 aromatic rings.